The summed E-state index contributed by atoms with van der Waals surface area (Å²) < 4.78 is 50.3. The fourth-order valence-corrected chi connectivity index (χ4v) is 3.58. The lowest BCUT2D eigenvalue weighted by molar-refractivity contribution is -0.672. The molecule has 0 unspecified atom stereocenters. The van der Waals surface area contributed by atoms with Gasteiger partial charge in [0.25, 0.3) is 0 Å². The van der Waals surface area contributed by atoms with Gasteiger partial charge in [-0.2, -0.15) is 18.4 Å². The summed E-state index contributed by atoms with van der Waals surface area (Å²) in [4.78, 5) is 16.6. The molecule has 8 nitrogen and oxygen atoms in total. The number of hydrogen-bond donors (Lipinski definition) is 0. The number of pyridine rings is 1. The first kappa shape index (κ1) is 22.1. The average Bonchev–Trinajstić information content (AvgIpc) is 3.12. The van der Waals surface area contributed by atoms with Gasteiger partial charge in [0.15, 0.2) is 5.95 Å². The highest BCUT2D eigenvalue weighted by atomic mass is 32.2. The number of ether oxygens (including phenoxy) is 1. The van der Waals surface area contributed by atoms with Crippen LogP contribution in [0.2, 0.25) is 0 Å². The Kier molecular flexibility index (Phi) is 6.16. The van der Waals surface area contributed by atoms with Crippen LogP contribution in [0.15, 0.2) is 39.9 Å². The first-order valence-electron chi connectivity index (χ1n) is 8.54. The van der Waals surface area contributed by atoms with Crippen LogP contribution in [0, 0.1) is 18.3 Å². The van der Waals surface area contributed by atoms with Gasteiger partial charge in [-0.3, -0.25) is 4.79 Å². The van der Waals surface area contributed by atoms with Gasteiger partial charge in [0, 0.05) is 17.8 Å². The van der Waals surface area contributed by atoms with Gasteiger partial charge in [0.1, 0.15) is 16.8 Å². The molecule has 3 aromatic rings. The topological polar surface area (TPSA) is 116 Å². The Balaban J connectivity index is 1.90. The lowest BCUT2D eigenvalue weighted by Crippen LogP contribution is -2.39. The molecule has 0 atom stereocenters. The number of methoxy groups -OCH3 is 1. The number of aromatic nitrogens is 3. The fraction of sp³-hybridized carbons (Fsp3) is 0.211. The van der Waals surface area contributed by atoms with Crippen molar-refractivity contribution in [1.82, 2.24) is 10.3 Å². The first-order valence-corrected chi connectivity index (χ1v) is 9.52. The molecule has 160 valence electrons. The molecule has 0 radical (unpaired) electrons. The predicted octanol–water partition coefficient (Wildman–Crippen LogP) is 2.60. The molecule has 0 saturated carbocycles. The number of carbonyl (C=O) groups is 1. The monoisotopic (exact) mass is 450 g/mol. The van der Waals surface area contributed by atoms with Crippen molar-refractivity contribution in [2.45, 2.75) is 18.1 Å². The minimum atomic E-state index is -4.76. The number of thioether (sulfide) groups is 1. The Bertz CT molecular complexity index is 1170. The number of benzene rings is 1. The fourth-order valence-electron chi connectivity index (χ4n) is 2.66. The van der Waals surface area contributed by atoms with Crippen molar-refractivity contribution in [3.63, 3.8) is 0 Å². The van der Waals surface area contributed by atoms with E-state index in [1.54, 1.807) is 12.1 Å². The van der Waals surface area contributed by atoms with E-state index in [0.29, 0.717) is 23.2 Å². The van der Waals surface area contributed by atoms with Crippen LogP contribution < -0.4 is 14.5 Å². The largest absolute Gasteiger partial charge is 0.539 e. The highest BCUT2D eigenvalue weighted by Crippen LogP contribution is 2.36. The average molecular weight is 450 g/mol. The second-order valence-corrected chi connectivity index (χ2v) is 7.10. The number of nitrogens with zero attached hydrogens (tertiary/aromatic N) is 4. The van der Waals surface area contributed by atoms with Crippen LogP contribution in [0.5, 0.6) is 11.7 Å². The zero-order chi connectivity index (χ0) is 22.8. The van der Waals surface area contributed by atoms with E-state index in [2.05, 4.69) is 14.8 Å². The van der Waals surface area contributed by atoms with Gasteiger partial charge in [0.05, 0.1) is 29.3 Å². The van der Waals surface area contributed by atoms with Crippen LogP contribution >= 0.6 is 11.8 Å². The van der Waals surface area contributed by atoms with Gasteiger partial charge in [-0.05, 0) is 29.8 Å². The van der Waals surface area contributed by atoms with Gasteiger partial charge >= 0.3 is 11.9 Å². The van der Waals surface area contributed by atoms with Crippen molar-refractivity contribution in [2.75, 3.05) is 12.9 Å². The molecular formula is C19H13F3N4O4S. The summed E-state index contributed by atoms with van der Waals surface area (Å²) in [5.74, 6) is -1.69. The second kappa shape index (κ2) is 8.65. The molecule has 0 amide bonds. The SMILES string of the molecule is COc1ccc(-[n+]2noc([O-])c2C(=O)CSc2nc(C)cc(C(F)(F)F)c2C#N)cc1. The van der Waals surface area contributed by atoms with E-state index in [9.17, 15) is 28.3 Å². The van der Waals surface area contributed by atoms with E-state index in [0.717, 1.165) is 10.7 Å². The summed E-state index contributed by atoms with van der Waals surface area (Å²) in [6, 6.07) is 8.49. The van der Waals surface area contributed by atoms with Crippen LogP contribution in [-0.4, -0.2) is 28.9 Å². The molecule has 0 bridgehead atoms. The Morgan fingerprint density at radius 3 is 2.61 bits per heavy atom. The summed E-state index contributed by atoms with van der Waals surface area (Å²) in [5.41, 5.74) is -1.87. The Morgan fingerprint density at radius 1 is 1.35 bits per heavy atom. The molecule has 0 fully saturated rings. The van der Waals surface area contributed by atoms with Crippen molar-refractivity contribution in [2.24, 2.45) is 0 Å². The number of nitriles is 1. The molecular weight excluding hydrogens is 437 g/mol. The van der Waals surface area contributed by atoms with Gasteiger partial charge in [-0.25, -0.2) is 4.98 Å². The van der Waals surface area contributed by atoms with Gasteiger partial charge in [-0.1, -0.05) is 11.8 Å². The number of Topliss-reactive ketones (excluding diaryl/α,β-unsaturated/α-hetero) is 1. The minimum absolute atomic E-state index is 0.0315. The quantitative estimate of drug-likeness (QED) is 0.320. The maximum Gasteiger partial charge on any atom is 0.417 e. The van der Waals surface area contributed by atoms with E-state index in [-0.39, 0.29) is 10.7 Å². The number of alkyl halides is 3. The van der Waals surface area contributed by atoms with Crippen LogP contribution in [-0.2, 0) is 6.18 Å². The summed E-state index contributed by atoms with van der Waals surface area (Å²) in [6.45, 7) is 1.34. The third-order valence-electron chi connectivity index (χ3n) is 4.06. The number of rotatable bonds is 6. The lowest BCUT2D eigenvalue weighted by Gasteiger charge is -2.12. The number of aryl methyl sites for hydroxylation is 1. The number of ketones is 1. The zero-order valence-electron chi connectivity index (χ0n) is 16.1. The third kappa shape index (κ3) is 4.61. The molecule has 2 heterocycles. The lowest BCUT2D eigenvalue weighted by atomic mass is 10.1. The normalized spacial score (nSPS) is 11.2. The summed E-state index contributed by atoms with van der Waals surface area (Å²) >= 11 is 0.616. The molecule has 3 rings (SSSR count). The van der Waals surface area contributed by atoms with E-state index in [1.807, 2.05) is 0 Å². The minimum Gasteiger partial charge on any atom is -0.539 e. The molecule has 0 aliphatic rings. The molecule has 0 aliphatic carbocycles. The summed E-state index contributed by atoms with van der Waals surface area (Å²) in [5, 5.41) is 24.5. The van der Waals surface area contributed by atoms with Crippen LogP contribution in [0.1, 0.15) is 27.3 Å². The maximum absolute atomic E-state index is 13.2. The molecule has 0 N–H and O–H groups in total. The Hall–Kier alpha value is -3.59. The van der Waals surface area contributed by atoms with Crippen molar-refractivity contribution in [1.29, 1.82) is 5.26 Å². The van der Waals surface area contributed by atoms with Crippen LogP contribution in [0.3, 0.4) is 0 Å². The smallest absolute Gasteiger partial charge is 0.417 e. The second-order valence-electron chi connectivity index (χ2n) is 6.13. The van der Waals surface area contributed by atoms with E-state index in [4.69, 9.17) is 4.74 Å². The summed E-state index contributed by atoms with van der Waals surface area (Å²) in [6.07, 6.45) is -4.76. The van der Waals surface area contributed by atoms with Crippen molar-refractivity contribution in [3.05, 3.63) is 52.8 Å². The molecule has 0 aliphatic heterocycles. The van der Waals surface area contributed by atoms with E-state index >= 15 is 0 Å². The molecule has 1 aromatic carbocycles. The molecule has 12 heteroatoms. The van der Waals surface area contributed by atoms with Crippen LogP contribution in [0.4, 0.5) is 13.2 Å². The maximum atomic E-state index is 13.2. The zero-order valence-corrected chi connectivity index (χ0v) is 16.9. The van der Waals surface area contributed by atoms with Gasteiger partial charge < -0.3 is 14.4 Å². The molecule has 2 aromatic heterocycles. The number of hydrogen-bond acceptors (Lipinski definition) is 8. The molecule has 0 saturated heterocycles. The third-order valence-corrected chi connectivity index (χ3v) is 5.04. The Morgan fingerprint density at radius 2 is 2.03 bits per heavy atom. The van der Waals surface area contributed by atoms with E-state index < -0.39 is 40.5 Å². The van der Waals surface area contributed by atoms with Gasteiger partial charge in [-0.15, -0.1) is 0 Å². The van der Waals surface area contributed by atoms with Crippen molar-refractivity contribution < 1.29 is 37.0 Å². The molecule has 31 heavy (non-hydrogen) atoms. The highest BCUT2D eigenvalue weighted by Gasteiger charge is 2.36. The first-order chi connectivity index (χ1) is 14.7. The number of carbonyl (C=O) groups excluding carboxylic acids is 1. The highest BCUT2D eigenvalue weighted by molar-refractivity contribution is 8.00. The van der Waals surface area contributed by atoms with E-state index in [1.165, 1.54) is 32.2 Å². The number of halogens is 3. The standard InChI is InChI=1S/C19H13F3N4O4S/c1-10-7-14(19(20,21)22)13(8-23)17(24-10)31-9-15(27)16-18(28)30-25-26(16)11-3-5-12(29-2)6-4-11/h3-7H,9H2,1-2H3. The van der Waals surface area contributed by atoms with Crippen molar-refractivity contribution in [3.8, 4) is 23.5 Å². The van der Waals surface area contributed by atoms with Crippen molar-refractivity contribution >= 4 is 17.5 Å². The molecule has 0 spiro atoms. The Labute approximate surface area is 177 Å². The van der Waals surface area contributed by atoms with Gasteiger partial charge in [0.2, 0.25) is 11.5 Å². The summed E-state index contributed by atoms with van der Waals surface area (Å²) in [7, 11) is 1.47. The van der Waals surface area contributed by atoms with Crippen LogP contribution in [0.25, 0.3) is 5.69 Å². The predicted molar refractivity (Wildman–Crippen MR) is 97.8 cm³/mol.